The molecule has 3 aromatic rings. The lowest BCUT2D eigenvalue weighted by molar-refractivity contribution is 0.0168. The molecule has 8 heteroatoms. The van der Waals surface area contributed by atoms with Crippen LogP contribution in [-0.4, -0.2) is 38.8 Å². The molecule has 0 spiro atoms. The fourth-order valence-electron chi connectivity index (χ4n) is 2.07. The first-order chi connectivity index (χ1) is 10.7. The summed E-state index contributed by atoms with van der Waals surface area (Å²) in [4.78, 5) is 22.1. The molecule has 0 aliphatic rings. The summed E-state index contributed by atoms with van der Waals surface area (Å²) in [6.45, 7) is 1.78. The van der Waals surface area contributed by atoms with Gasteiger partial charge in [-0.25, -0.2) is 15.0 Å². The summed E-state index contributed by atoms with van der Waals surface area (Å²) in [5.41, 5.74) is 4.80. The zero-order chi connectivity index (χ0) is 15.5. The molecule has 0 saturated carbocycles. The van der Waals surface area contributed by atoms with Crippen molar-refractivity contribution in [1.29, 1.82) is 0 Å². The van der Waals surface area contributed by atoms with Crippen molar-refractivity contribution >= 4 is 22.8 Å². The number of carbonyl (C=O) groups excluding carboxylic acids is 1. The van der Waals surface area contributed by atoms with E-state index in [1.807, 2.05) is 31.3 Å². The highest BCUT2D eigenvalue weighted by Gasteiger charge is 2.18. The number of rotatable bonds is 5. The molecule has 0 aromatic carbocycles. The first-order valence-electron chi connectivity index (χ1n) is 6.64. The molecule has 3 heterocycles. The van der Waals surface area contributed by atoms with E-state index in [2.05, 4.69) is 15.6 Å². The molecular weight excluding hydrogens is 304 g/mol. The van der Waals surface area contributed by atoms with E-state index < -0.39 is 5.91 Å². The van der Waals surface area contributed by atoms with E-state index in [1.165, 1.54) is 11.3 Å². The maximum atomic E-state index is 11.9. The summed E-state index contributed by atoms with van der Waals surface area (Å²) in [5.74, 6) is -0.427. The van der Waals surface area contributed by atoms with E-state index in [1.54, 1.807) is 10.7 Å². The molecule has 0 unspecified atom stereocenters. The SMILES string of the molecule is Cc1sc(C(=O)NOCCO)nc1-c1cnn2ccccc12. The molecule has 0 aliphatic heterocycles. The Bertz CT molecular complexity index is 811. The van der Waals surface area contributed by atoms with Gasteiger partial charge in [-0.15, -0.1) is 11.3 Å². The number of amides is 1. The topological polar surface area (TPSA) is 88.8 Å². The van der Waals surface area contributed by atoms with E-state index >= 15 is 0 Å². The van der Waals surface area contributed by atoms with Gasteiger partial charge in [0.15, 0.2) is 5.01 Å². The number of aliphatic hydroxyl groups is 1. The molecule has 3 aromatic heterocycles. The normalized spacial score (nSPS) is 11.0. The number of pyridine rings is 1. The average Bonchev–Trinajstić information content (AvgIpc) is 3.10. The molecule has 0 bridgehead atoms. The van der Waals surface area contributed by atoms with E-state index in [4.69, 9.17) is 9.94 Å². The highest BCUT2D eigenvalue weighted by molar-refractivity contribution is 7.14. The van der Waals surface area contributed by atoms with Gasteiger partial charge in [0.2, 0.25) is 0 Å². The molecule has 0 radical (unpaired) electrons. The van der Waals surface area contributed by atoms with Crippen molar-refractivity contribution in [1.82, 2.24) is 20.1 Å². The Balaban J connectivity index is 1.91. The molecule has 0 saturated heterocycles. The Kier molecular flexibility index (Phi) is 4.14. The third-order valence-electron chi connectivity index (χ3n) is 3.03. The average molecular weight is 318 g/mol. The summed E-state index contributed by atoms with van der Waals surface area (Å²) in [7, 11) is 0. The zero-order valence-electron chi connectivity index (χ0n) is 11.8. The predicted molar refractivity (Wildman–Crippen MR) is 81.5 cm³/mol. The summed E-state index contributed by atoms with van der Waals surface area (Å²) < 4.78 is 1.76. The highest BCUT2D eigenvalue weighted by Crippen LogP contribution is 2.30. The van der Waals surface area contributed by atoms with Crippen LogP contribution in [0, 0.1) is 6.92 Å². The molecule has 7 nitrogen and oxygen atoms in total. The van der Waals surface area contributed by atoms with Crippen LogP contribution in [0.2, 0.25) is 0 Å². The number of fused-ring (bicyclic) bond motifs is 1. The third-order valence-corrected chi connectivity index (χ3v) is 4.00. The number of nitrogens with zero attached hydrogens (tertiary/aromatic N) is 3. The van der Waals surface area contributed by atoms with Crippen LogP contribution < -0.4 is 5.48 Å². The molecule has 2 N–H and O–H groups in total. The molecule has 0 fully saturated rings. The van der Waals surface area contributed by atoms with Gasteiger partial charge in [0.05, 0.1) is 30.6 Å². The van der Waals surface area contributed by atoms with E-state index in [-0.39, 0.29) is 13.2 Å². The van der Waals surface area contributed by atoms with Gasteiger partial charge in [0.25, 0.3) is 0 Å². The van der Waals surface area contributed by atoms with Crippen molar-refractivity contribution in [3.05, 3.63) is 40.5 Å². The number of aliphatic hydroxyl groups excluding tert-OH is 1. The van der Waals surface area contributed by atoms with Crippen molar-refractivity contribution in [2.75, 3.05) is 13.2 Å². The maximum Gasteiger partial charge on any atom is 0.303 e. The fourth-order valence-corrected chi connectivity index (χ4v) is 2.88. The van der Waals surface area contributed by atoms with Gasteiger partial charge in [0, 0.05) is 16.6 Å². The largest absolute Gasteiger partial charge is 0.394 e. The van der Waals surface area contributed by atoms with Crippen LogP contribution in [0.4, 0.5) is 0 Å². The third kappa shape index (κ3) is 2.71. The Hall–Kier alpha value is -2.29. The van der Waals surface area contributed by atoms with Crippen molar-refractivity contribution in [2.45, 2.75) is 6.92 Å². The van der Waals surface area contributed by atoms with E-state index in [9.17, 15) is 4.79 Å². The lowest BCUT2D eigenvalue weighted by Crippen LogP contribution is -2.24. The molecule has 114 valence electrons. The van der Waals surface area contributed by atoms with E-state index in [0.717, 1.165) is 21.7 Å². The Labute approximate surface area is 130 Å². The number of aryl methyl sites for hydroxylation is 1. The second kappa shape index (κ2) is 6.22. The standard InChI is InChI=1S/C14H14N4O3S/c1-9-12(10-8-15-18-5-3-2-4-11(10)18)16-14(22-9)13(20)17-21-7-6-19/h2-5,8,19H,6-7H2,1H3,(H,17,20). The Morgan fingerprint density at radius 1 is 1.50 bits per heavy atom. The minimum Gasteiger partial charge on any atom is -0.394 e. The number of hydrogen-bond acceptors (Lipinski definition) is 6. The first kappa shape index (κ1) is 14.6. The number of carbonyl (C=O) groups is 1. The van der Waals surface area contributed by atoms with Crippen molar-refractivity contribution in [3.63, 3.8) is 0 Å². The van der Waals surface area contributed by atoms with Crippen LogP contribution in [0.3, 0.4) is 0 Å². The van der Waals surface area contributed by atoms with Gasteiger partial charge < -0.3 is 5.11 Å². The second-order valence-corrected chi connectivity index (χ2v) is 5.72. The summed E-state index contributed by atoms with van der Waals surface area (Å²) in [5, 5.41) is 13.2. The molecule has 0 aliphatic carbocycles. The Morgan fingerprint density at radius 2 is 2.36 bits per heavy atom. The second-order valence-electron chi connectivity index (χ2n) is 4.52. The van der Waals surface area contributed by atoms with Crippen LogP contribution in [0.1, 0.15) is 14.7 Å². The lowest BCUT2D eigenvalue weighted by Gasteiger charge is -2.00. The first-order valence-corrected chi connectivity index (χ1v) is 7.45. The van der Waals surface area contributed by atoms with Crippen molar-refractivity contribution in [3.8, 4) is 11.3 Å². The number of aromatic nitrogens is 3. The molecule has 0 atom stereocenters. The number of nitrogens with one attached hydrogen (secondary N) is 1. The van der Waals surface area contributed by atoms with Crippen LogP contribution in [-0.2, 0) is 4.84 Å². The number of thiazole rings is 1. The van der Waals surface area contributed by atoms with Crippen molar-refractivity contribution in [2.24, 2.45) is 0 Å². The maximum absolute atomic E-state index is 11.9. The van der Waals surface area contributed by atoms with Gasteiger partial charge in [-0.2, -0.15) is 5.10 Å². The Morgan fingerprint density at radius 3 is 3.18 bits per heavy atom. The van der Waals surface area contributed by atoms with E-state index in [0.29, 0.717) is 5.01 Å². The van der Waals surface area contributed by atoms with Gasteiger partial charge in [-0.1, -0.05) is 6.07 Å². The smallest absolute Gasteiger partial charge is 0.303 e. The lowest BCUT2D eigenvalue weighted by atomic mass is 10.2. The zero-order valence-corrected chi connectivity index (χ0v) is 12.6. The van der Waals surface area contributed by atoms with Crippen LogP contribution >= 0.6 is 11.3 Å². The monoisotopic (exact) mass is 318 g/mol. The number of hydrogen-bond donors (Lipinski definition) is 2. The minimum absolute atomic E-state index is 0.0387. The summed E-state index contributed by atoms with van der Waals surface area (Å²) in [6, 6.07) is 5.78. The molecule has 3 rings (SSSR count). The number of hydroxylamine groups is 1. The predicted octanol–water partition coefficient (Wildman–Crippen LogP) is 1.42. The summed E-state index contributed by atoms with van der Waals surface area (Å²) in [6.07, 6.45) is 3.60. The van der Waals surface area contributed by atoms with Gasteiger partial charge in [-0.3, -0.25) is 9.63 Å². The van der Waals surface area contributed by atoms with Gasteiger partial charge >= 0.3 is 5.91 Å². The quantitative estimate of drug-likeness (QED) is 0.548. The van der Waals surface area contributed by atoms with Crippen molar-refractivity contribution < 1.29 is 14.7 Å². The molecule has 1 amide bonds. The fraction of sp³-hybridized carbons (Fsp3) is 0.214. The molecule has 22 heavy (non-hydrogen) atoms. The van der Waals surface area contributed by atoms with Crippen LogP contribution in [0.25, 0.3) is 16.8 Å². The minimum atomic E-state index is -0.427. The molecular formula is C14H14N4O3S. The highest BCUT2D eigenvalue weighted by atomic mass is 32.1. The van der Waals surface area contributed by atoms with Gasteiger partial charge in [0.1, 0.15) is 0 Å². The summed E-state index contributed by atoms with van der Waals surface area (Å²) >= 11 is 1.28. The van der Waals surface area contributed by atoms with Gasteiger partial charge in [-0.05, 0) is 19.1 Å². The van der Waals surface area contributed by atoms with Crippen LogP contribution in [0.15, 0.2) is 30.6 Å². The van der Waals surface area contributed by atoms with Crippen LogP contribution in [0.5, 0.6) is 0 Å².